The van der Waals surface area contributed by atoms with E-state index in [0.717, 1.165) is 43.2 Å². The summed E-state index contributed by atoms with van der Waals surface area (Å²) in [6.45, 7) is 27.4. The zero-order valence-corrected chi connectivity index (χ0v) is 29.7. The first-order valence-corrected chi connectivity index (χ1v) is 16.7. The second kappa shape index (κ2) is 14.9. The first kappa shape index (κ1) is 36.6. The molecule has 0 saturated carbocycles. The first-order chi connectivity index (χ1) is 20.1. The molecule has 0 spiro atoms. The van der Waals surface area contributed by atoms with Gasteiger partial charge in [-0.3, -0.25) is 9.59 Å². The molecule has 0 aliphatic heterocycles. The molecule has 0 bridgehead atoms. The lowest BCUT2D eigenvalue weighted by molar-refractivity contribution is -0.174. The van der Waals surface area contributed by atoms with Crippen LogP contribution in [0, 0.1) is 39.0 Å². The molecule has 0 N–H and O–H groups in total. The summed E-state index contributed by atoms with van der Waals surface area (Å²) in [5, 5.41) is 0. The van der Waals surface area contributed by atoms with E-state index in [1.54, 1.807) is 0 Å². The van der Waals surface area contributed by atoms with Crippen molar-refractivity contribution in [2.75, 3.05) is 0 Å². The van der Waals surface area contributed by atoms with Gasteiger partial charge in [0.05, 0.1) is 11.3 Å². The number of ether oxygens (including phenoxy) is 2. The topological polar surface area (TPSA) is 52.6 Å². The molecule has 1 unspecified atom stereocenters. The van der Waals surface area contributed by atoms with Crippen LogP contribution in [-0.2, 0) is 26.2 Å². The highest BCUT2D eigenvalue weighted by Gasteiger charge is 2.42. The third-order valence-corrected chi connectivity index (χ3v) is 10.6. The quantitative estimate of drug-likeness (QED) is 0.152. The predicted octanol–water partition coefficient (Wildman–Crippen LogP) is 10.4. The molecular formula is C39H60O4. The summed E-state index contributed by atoms with van der Waals surface area (Å²) in [5.41, 5.74) is 7.61. The molecule has 1 atom stereocenters. The molecule has 0 radical (unpaired) electrons. The molecule has 2 aromatic carbocycles. The van der Waals surface area contributed by atoms with Gasteiger partial charge in [0.25, 0.3) is 0 Å². The standard InChI is InChI=1S/C39H60O4/c1-14-37(12,15-2)33-26(7)20-31(21-27(33)8)24-32-22-28(9)34(29(10)23-32)42-35(40)30(11)25-39(18-5,19-6)36(41)43-38(13,16-3)17-4/h20-23,30H,14-19,24-25H2,1-13H3. The van der Waals surface area contributed by atoms with E-state index >= 15 is 0 Å². The van der Waals surface area contributed by atoms with Gasteiger partial charge in [-0.1, -0.05) is 79.7 Å². The van der Waals surface area contributed by atoms with Gasteiger partial charge in [0.2, 0.25) is 0 Å². The van der Waals surface area contributed by atoms with Gasteiger partial charge in [-0.15, -0.1) is 0 Å². The number of carbonyl (C=O) groups excluding carboxylic acids is 2. The lowest BCUT2D eigenvalue weighted by atomic mass is 9.73. The Morgan fingerprint density at radius 1 is 0.698 bits per heavy atom. The van der Waals surface area contributed by atoms with Crippen molar-refractivity contribution in [2.45, 2.75) is 152 Å². The summed E-state index contributed by atoms with van der Waals surface area (Å²) in [4.78, 5) is 26.8. The van der Waals surface area contributed by atoms with Crippen molar-refractivity contribution in [3.63, 3.8) is 0 Å². The van der Waals surface area contributed by atoms with Crippen molar-refractivity contribution in [1.82, 2.24) is 0 Å². The van der Waals surface area contributed by atoms with Crippen LogP contribution in [0.2, 0.25) is 0 Å². The predicted molar refractivity (Wildman–Crippen MR) is 180 cm³/mol. The molecule has 0 aliphatic carbocycles. The number of hydrogen-bond donors (Lipinski definition) is 0. The molecule has 43 heavy (non-hydrogen) atoms. The fourth-order valence-electron chi connectivity index (χ4n) is 6.76. The van der Waals surface area contributed by atoms with E-state index in [-0.39, 0.29) is 17.4 Å². The SMILES string of the molecule is CCC(C)(CC)OC(=O)C(CC)(CC)CC(C)C(=O)Oc1c(C)cc(Cc2cc(C)c(C(C)(CC)CC)c(C)c2)cc1C. The third-order valence-electron chi connectivity index (χ3n) is 10.6. The van der Waals surface area contributed by atoms with Crippen molar-refractivity contribution in [3.8, 4) is 5.75 Å². The van der Waals surface area contributed by atoms with Gasteiger partial charge in [-0.25, -0.2) is 0 Å². The van der Waals surface area contributed by atoms with Crippen LogP contribution in [0.15, 0.2) is 24.3 Å². The van der Waals surface area contributed by atoms with E-state index in [2.05, 4.69) is 58.9 Å². The molecule has 0 amide bonds. The van der Waals surface area contributed by atoms with Crippen LogP contribution in [0.25, 0.3) is 0 Å². The highest BCUT2D eigenvalue weighted by atomic mass is 16.6. The molecule has 2 rings (SSSR count). The van der Waals surface area contributed by atoms with Gasteiger partial charge in [0.15, 0.2) is 0 Å². The van der Waals surface area contributed by atoms with Crippen LogP contribution in [0.1, 0.15) is 146 Å². The average Bonchev–Trinajstić information content (AvgIpc) is 2.96. The lowest BCUT2D eigenvalue weighted by Gasteiger charge is -2.36. The average molecular weight is 593 g/mol. The van der Waals surface area contributed by atoms with Gasteiger partial charge in [-0.05, 0) is 130 Å². The maximum Gasteiger partial charge on any atom is 0.314 e. The Morgan fingerprint density at radius 2 is 1.14 bits per heavy atom. The number of rotatable bonds is 15. The van der Waals surface area contributed by atoms with E-state index in [0.29, 0.717) is 25.0 Å². The van der Waals surface area contributed by atoms with E-state index < -0.39 is 16.9 Å². The molecule has 240 valence electrons. The fraction of sp³-hybridized carbons (Fsp3) is 0.641. The number of hydrogen-bond acceptors (Lipinski definition) is 4. The molecule has 0 fully saturated rings. The van der Waals surface area contributed by atoms with Gasteiger partial charge >= 0.3 is 11.9 Å². The van der Waals surface area contributed by atoms with Crippen molar-refractivity contribution in [1.29, 1.82) is 0 Å². The maximum absolute atomic E-state index is 13.4. The number of esters is 2. The van der Waals surface area contributed by atoms with Crippen LogP contribution < -0.4 is 4.74 Å². The van der Waals surface area contributed by atoms with E-state index in [9.17, 15) is 9.59 Å². The molecular weight excluding hydrogens is 532 g/mol. The first-order valence-electron chi connectivity index (χ1n) is 16.7. The Morgan fingerprint density at radius 3 is 1.53 bits per heavy atom. The molecule has 4 nitrogen and oxygen atoms in total. The van der Waals surface area contributed by atoms with E-state index in [1.165, 1.54) is 27.8 Å². The number of carbonyl (C=O) groups is 2. The van der Waals surface area contributed by atoms with Crippen LogP contribution >= 0.6 is 0 Å². The van der Waals surface area contributed by atoms with Gasteiger partial charge in [-0.2, -0.15) is 0 Å². The second-order valence-corrected chi connectivity index (χ2v) is 13.7. The van der Waals surface area contributed by atoms with E-state index in [1.807, 2.05) is 55.4 Å². The van der Waals surface area contributed by atoms with Gasteiger partial charge < -0.3 is 9.47 Å². The Kier molecular flexibility index (Phi) is 12.7. The van der Waals surface area contributed by atoms with Crippen molar-refractivity contribution < 1.29 is 19.1 Å². The van der Waals surface area contributed by atoms with E-state index in [4.69, 9.17) is 9.47 Å². The molecule has 0 aromatic heterocycles. The van der Waals surface area contributed by atoms with Crippen LogP contribution in [0.3, 0.4) is 0 Å². The van der Waals surface area contributed by atoms with Crippen LogP contribution in [-0.4, -0.2) is 17.5 Å². The smallest absolute Gasteiger partial charge is 0.314 e. The molecule has 0 saturated heterocycles. The second-order valence-electron chi connectivity index (χ2n) is 13.7. The Labute approximate surface area is 263 Å². The minimum absolute atomic E-state index is 0.197. The molecule has 0 aliphatic rings. The minimum atomic E-state index is -0.713. The van der Waals surface area contributed by atoms with Crippen LogP contribution in [0.5, 0.6) is 5.75 Å². The van der Waals surface area contributed by atoms with Crippen LogP contribution in [0.4, 0.5) is 0 Å². The van der Waals surface area contributed by atoms with Gasteiger partial charge in [0, 0.05) is 0 Å². The summed E-state index contributed by atoms with van der Waals surface area (Å²) in [6.07, 6.45) is 6.23. The van der Waals surface area contributed by atoms with Crippen molar-refractivity contribution >= 4 is 11.9 Å². The highest BCUT2D eigenvalue weighted by molar-refractivity contribution is 5.80. The summed E-state index contributed by atoms with van der Waals surface area (Å²) >= 11 is 0. The number of benzene rings is 2. The minimum Gasteiger partial charge on any atom is -0.459 e. The number of aryl methyl sites for hydroxylation is 4. The summed E-state index contributed by atoms with van der Waals surface area (Å²) in [7, 11) is 0. The third kappa shape index (κ3) is 8.31. The lowest BCUT2D eigenvalue weighted by Crippen LogP contribution is -2.41. The van der Waals surface area contributed by atoms with Crippen molar-refractivity contribution in [3.05, 3.63) is 63.2 Å². The van der Waals surface area contributed by atoms with Gasteiger partial charge in [0.1, 0.15) is 11.4 Å². The normalized spacial score (nSPS) is 13.1. The molecule has 0 heterocycles. The Hall–Kier alpha value is -2.62. The maximum atomic E-state index is 13.4. The Balaban J connectivity index is 2.24. The monoisotopic (exact) mass is 592 g/mol. The zero-order chi connectivity index (χ0) is 32.8. The summed E-state index contributed by atoms with van der Waals surface area (Å²) in [5.74, 6) is -0.325. The molecule has 2 aromatic rings. The summed E-state index contributed by atoms with van der Waals surface area (Å²) in [6, 6.07) is 8.96. The highest BCUT2D eigenvalue weighted by Crippen LogP contribution is 2.39. The largest absolute Gasteiger partial charge is 0.459 e. The zero-order valence-electron chi connectivity index (χ0n) is 29.7. The van der Waals surface area contributed by atoms with Crippen molar-refractivity contribution in [2.24, 2.45) is 11.3 Å². The summed E-state index contributed by atoms with van der Waals surface area (Å²) < 4.78 is 12.1. The Bertz CT molecular complexity index is 1210. The fourth-order valence-corrected chi connectivity index (χ4v) is 6.76. The molecule has 4 heteroatoms.